The number of carbonyl (C=O) groups excluding carboxylic acids is 2. The third-order valence-corrected chi connectivity index (χ3v) is 6.47. The van der Waals surface area contributed by atoms with Gasteiger partial charge in [0.2, 0.25) is 0 Å². The zero-order valence-electron chi connectivity index (χ0n) is 17.9. The molecule has 0 bridgehead atoms. The van der Waals surface area contributed by atoms with Crippen molar-refractivity contribution in [3.8, 4) is 5.69 Å². The van der Waals surface area contributed by atoms with Crippen LogP contribution in [0.5, 0.6) is 0 Å². The van der Waals surface area contributed by atoms with Crippen LogP contribution in [0.1, 0.15) is 27.3 Å². The summed E-state index contributed by atoms with van der Waals surface area (Å²) in [5, 5.41) is 11.9. The molecule has 0 atom stereocenters. The monoisotopic (exact) mass is 557 g/mol. The van der Waals surface area contributed by atoms with Gasteiger partial charge in [-0.15, -0.1) is 0 Å². The normalized spacial score (nSPS) is 15.1. The van der Waals surface area contributed by atoms with Crippen molar-refractivity contribution in [3.63, 3.8) is 0 Å². The van der Waals surface area contributed by atoms with E-state index in [1.54, 1.807) is 30.3 Å². The van der Waals surface area contributed by atoms with Gasteiger partial charge in [-0.3, -0.25) is 19.8 Å². The molecule has 3 aromatic rings. The van der Waals surface area contributed by atoms with E-state index in [1.165, 1.54) is 17.0 Å². The minimum Gasteiger partial charge on any atom is -0.478 e. The van der Waals surface area contributed by atoms with Crippen LogP contribution in [0.2, 0.25) is 5.02 Å². The number of aryl methyl sites for hydroxylation is 1. The molecule has 2 heterocycles. The van der Waals surface area contributed by atoms with Gasteiger partial charge in [0.1, 0.15) is 5.57 Å². The molecule has 1 saturated heterocycles. The number of halogens is 2. The molecule has 2 N–H and O–H groups in total. The maximum absolute atomic E-state index is 13.3. The van der Waals surface area contributed by atoms with Crippen molar-refractivity contribution in [1.82, 2.24) is 9.88 Å². The molecule has 0 saturated carbocycles. The second kappa shape index (κ2) is 9.17. The number of benzene rings is 2. The molecule has 0 unspecified atom stereocenters. The van der Waals surface area contributed by atoms with Crippen LogP contribution in [0.25, 0.3) is 11.8 Å². The first-order chi connectivity index (χ1) is 16.1. The van der Waals surface area contributed by atoms with Crippen LogP contribution < -0.4 is 10.2 Å². The number of aromatic carboxylic acids is 1. The number of thiocarbonyl (C=S) groups is 1. The van der Waals surface area contributed by atoms with Crippen molar-refractivity contribution < 1.29 is 19.5 Å². The lowest BCUT2D eigenvalue weighted by Gasteiger charge is -2.29. The first-order valence-corrected chi connectivity index (χ1v) is 11.6. The average Bonchev–Trinajstić information content (AvgIpc) is 3.03. The summed E-state index contributed by atoms with van der Waals surface area (Å²) >= 11 is 14.8. The number of aromatic nitrogens is 1. The first kappa shape index (κ1) is 23.9. The number of nitrogens with zero attached hydrogens (tertiary/aromatic N) is 2. The molecule has 0 aliphatic carbocycles. The molecular formula is C24H17BrClN3O4S. The van der Waals surface area contributed by atoms with E-state index in [0.29, 0.717) is 16.9 Å². The molecule has 1 aliphatic heterocycles. The summed E-state index contributed by atoms with van der Waals surface area (Å²) in [6, 6.07) is 13.5. The molecule has 10 heteroatoms. The molecule has 0 radical (unpaired) electrons. The van der Waals surface area contributed by atoms with E-state index in [4.69, 9.17) is 23.8 Å². The van der Waals surface area contributed by atoms with Crippen LogP contribution in [-0.2, 0) is 9.59 Å². The van der Waals surface area contributed by atoms with Gasteiger partial charge in [0.25, 0.3) is 11.8 Å². The summed E-state index contributed by atoms with van der Waals surface area (Å²) in [4.78, 5) is 38.5. The Hall–Kier alpha value is -3.27. The number of amides is 2. The van der Waals surface area contributed by atoms with E-state index in [1.807, 2.05) is 30.5 Å². The number of rotatable bonds is 4. The number of hydrogen-bond acceptors (Lipinski definition) is 4. The van der Waals surface area contributed by atoms with Gasteiger partial charge in [0, 0.05) is 21.5 Å². The van der Waals surface area contributed by atoms with Gasteiger partial charge >= 0.3 is 5.97 Å². The first-order valence-electron chi connectivity index (χ1n) is 9.97. The molecule has 172 valence electrons. The van der Waals surface area contributed by atoms with Gasteiger partial charge in [0.05, 0.1) is 16.3 Å². The Kier molecular flexibility index (Phi) is 6.44. The topological polar surface area (TPSA) is 91.6 Å². The third kappa shape index (κ3) is 4.29. The molecular weight excluding hydrogens is 542 g/mol. The smallest absolute Gasteiger partial charge is 0.337 e. The van der Waals surface area contributed by atoms with Gasteiger partial charge in [-0.2, -0.15) is 0 Å². The van der Waals surface area contributed by atoms with Crippen molar-refractivity contribution in [2.75, 3.05) is 4.90 Å². The quantitative estimate of drug-likeness (QED) is 0.266. The summed E-state index contributed by atoms with van der Waals surface area (Å²) < 4.78 is 2.63. The SMILES string of the molecule is Cc1cc(/C=C2\C(=O)NC(=S)N(c3cccc(Br)c3)C2=O)c(C)n1-c1ccc(C(=O)O)c(Cl)c1. The largest absolute Gasteiger partial charge is 0.478 e. The van der Waals surface area contributed by atoms with Crippen LogP contribution in [0.3, 0.4) is 0 Å². The maximum atomic E-state index is 13.3. The highest BCUT2D eigenvalue weighted by Crippen LogP contribution is 2.29. The van der Waals surface area contributed by atoms with Crippen LogP contribution in [-0.4, -0.2) is 32.6 Å². The van der Waals surface area contributed by atoms with Crippen LogP contribution >= 0.6 is 39.7 Å². The fourth-order valence-electron chi connectivity index (χ4n) is 3.81. The van der Waals surface area contributed by atoms with E-state index in [0.717, 1.165) is 15.9 Å². The molecule has 34 heavy (non-hydrogen) atoms. The Morgan fingerprint density at radius 3 is 2.50 bits per heavy atom. The van der Waals surface area contributed by atoms with E-state index in [2.05, 4.69) is 21.2 Å². The minimum absolute atomic E-state index is 0.00306. The Bertz CT molecular complexity index is 1430. The second-order valence-electron chi connectivity index (χ2n) is 7.57. The van der Waals surface area contributed by atoms with Gasteiger partial charge < -0.3 is 9.67 Å². The van der Waals surface area contributed by atoms with E-state index in [9.17, 15) is 19.5 Å². The number of anilines is 1. The van der Waals surface area contributed by atoms with Crippen LogP contribution in [0, 0.1) is 13.8 Å². The molecule has 4 rings (SSSR count). The molecule has 1 aliphatic rings. The van der Waals surface area contributed by atoms with Gasteiger partial charge in [-0.1, -0.05) is 33.6 Å². The lowest BCUT2D eigenvalue weighted by molar-refractivity contribution is -0.122. The van der Waals surface area contributed by atoms with Crippen molar-refractivity contribution in [2.24, 2.45) is 0 Å². The fourth-order valence-corrected chi connectivity index (χ4v) is 4.73. The van der Waals surface area contributed by atoms with Gasteiger partial charge in [-0.05, 0) is 80.2 Å². The van der Waals surface area contributed by atoms with Crippen molar-refractivity contribution in [3.05, 3.63) is 86.1 Å². The highest BCUT2D eigenvalue weighted by Gasteiger charge is 2.34. The Balaban J connectivity index is 1.76. The zero-order chi connectivity index (χ0) is 24.7. The number of carboxylic acids is 1. The van der Waals surface area contributed by atoms with E-state index < -0.39 is 17.8 Å². The number of nitrogens with one attached hydrogen (secondary N) is 1. The van der Waals surface area contributed by atoms with Crippen LogP contribution in [0.15, 0.2) is 58.6 Å². The van der Waals surface area contributed by atoms with E-state index >= 15 is 0 Å². The summed E-state index contributed by atoms with van der Waals surface area (Å²) in [5.41, 5.74) is 3.33. The number of carboxylic acid groups (broad SMARTS) is 1. The summed E-state index contributed by atoms with van der Waals surface area (Å²) in [6.07, 6.45) is 1.52. The molecule has 1 aromatic heterocycles. The molecule has 0 spiro atoms. The van der Waals surface area contributed by atoms with Gasteiger partial charge in [0.15, 0.2) is 5.11 Å². The Morgan fingerprint density at radius 2 is 1.85 bits per heavy atom. The minimum atomic E-state index is -1.11. The second-order valence-corrected chi connectivity index (χ2v) is 9.28. The standard InChI is InChI=1S/C24H17BrClN3O4S/c1-12-8-14(13(2)28(12)17-6-7-18(23(32)33)20(26)11-17)9-19-21(30)27-24(34)29(22(19)31)16-5-3-4-15(25)10-16/h3-11H,1-2H3,(H,32,33)(H,27,30,34)/b19-9+. The van der Waals surface area contributed by atoms with Crippen LogP contribution in [0.4, 0.5) is 5.69 Å². The lowest BCUT2D eigenvalue weighted by atomic mass is 10.1. The average molecular weight is 559 g/mol. The summed E-state index contributed by atoms with van der Waals surface area (Å²) in [7, 11) is 0. The predicted octanol–water partition coefficient (Wildman–Crippen LogP) is 5.04. The fraction of sp³-hybridized carbons (Fsp3) is 0.0833. The molecule has 7 nitrogen and oxygen atoms in total. The maximum Gasteiger partial charge on any atom is 0.337 e. The van der Waals surface area contributed by atoms with Crippen molar-refractivity contribution >= 4 is 74.4 Å². The van der Waals surface area contributed by atoms with Gasteiger partial charge in [-0.25, -0.2) is 4.79 Å². The summed E-state index contributed by atoms with van der Waals surface area (Å²) in [5.74, 6) is -2.23. The molecule has 2 aromatic carbocycles. The lowest BCUT2D eigenvalue weighted by Crippen LogP contribution is -2.54. The summed E-state index contributed by atoms with van der Waals surface area (Å²) in [6.45, 7) is 3.69. The Labute approximate surface area is 213 Å². The zero-order valence-corrected chi connectivity index (χ0v) is 21.1. The third-order valence-electron chi connectivity index (χ3n) is 5.38. The highest BCUT2D eigenvalue weighted by atomic mass is 79.9. The predicted molar refractivity (Wildman–Crippen MR) is 138 cm³/mol. The number of hydrogen-bond donors (Lipinski definition) is 2. The van der Waals surface area contributed by atoms with E-state index in [-0.39, 0.29) is 21.3 Å². The molecule has 1 fully saturated rings. The number of carbonyl (C=O) groups is 3. The van der Waals surface area contributed by atoms with Crippen molar-refractivity contribution in [2.45, 2.75) is 13.8 Å². The van der Waals surface area contributed by atoms with Crippen molar-refractivity contribution in [1.29, 1.82) is 0 Å². The molecule has 2 amide bonds. The Morgan fingerprint density at radius 1 is 1.12 bits per heavy atom. The highest BCUT2D eigenvalue weighted by molar-refractivity contribution is 9.10.